The fourth-order valence-electron chi connectivity index (χ4n) is 3.13. The van der Waals surface area contributed by atoms with Crippen LogP contribution in [0, 0.1) is 17.8 Å². The highest BCUT2D eigenvalue weighted by atomic mass is 15.0. The molecule has 3 aliphatic rings. The van der Waals surface area contributed by atoms with E-state index in [-0.39, 0.29) is 0 Å². The molecule has 0 aromatic heterocycles. The Morgan fingerprint density at radius 2 is 2.00 bits per heavy atom. The van der Waals surface area contributed by atoms with Gasteiger partial charge in [0.05, 0.1) is 0 Å². The number of nitrogens with one attached hydrogen (secondary N) is 1. The second kappa shape index (κ2) is 1.34. The summed E-state index contributed by atoms with van der Waals surface area (Å²) >= 11 is 0. The zero-order chi connectivity index (χ0) is 5.84. The molecule has 0 spiro atoms. The molecule has 2 aliphatic carbocycles. The first-order valence-electron chi connectivity index (χ1n) is 4.18. The standard InChI is InChI=1S/C8H13N/c1-2-6-3-5(1)7-4-9-8(6)7/h5-9H,1-4H2/t5-,6-,7-,8-/m0/s1. The molecule has 4 atom stereocenters. The molecule has 1 saturated heterocycles. The maximum atomic E-state index is 3.54. The van der Waals surface area contributed by atoms with E-state index in [0.717, 1.165) is 23.8 Å². The van der Waals surface area contributed by atoms with Crippen LogP contribution in [0.3, 0.4) is 0 Å². The number of hydrogen-bond donors (Lipinski definition) is 1. The number of fused-ring (bicyclic) bond motifs is 5. The summed E-state index contributed by atoms with van der Waals surface area (Å²) in [6, 6.07) is 0.976. The highest BCUT2D eigenvalue weighted by molar-refractivity contribution is 5.06. The summed E-state index contributed by atoms with van der Waals surface area (Å²) < 4.78 is 0. The number of rotatable bonds is 0. The smallest absolute Gasteiger partial charge is 0.0139 e. The van der Waals surface area contributed by atoms with Crippen molar-refractivity contribution >= 4 is 0 Å². The van der Waals surface area contributed by atoms with E-state index in [9.17, 15) is 0 Å². The van der Waals surface area contributed by atoms with E-state index in [4.69, 9.17) is 0 Å². The Balaban J connectivity index is 1.94. The summed E-state index contributed by atoms with van der Waals surface area (Å²) in [5.74, 6) is 3.35. The van der Waals surface area contributed by atoms with Crippen LogP contribution in [-0.4, -0.2) is 12.6 Å². The lowest BCUT2D eigenvalue weighted by Gasteiger charge is -2.41. The second-order valence-electron chi connectivity index (χ2n) is 3.93. The normalized spacial score (nSPS) is 61.3. The molecule has 0 unspecified atom stereocenters. The van der Waals surface area contributed by atoms with Gasteiger partial charge in [-0.15, -0.1) is 0 Å². The van der Waals surface area contributed by atoms with E-state index < -0.39 is 0 Å². The fraction of sp³-hybridized carbons (Fsp3) is 1.00. The molecule has 0 radical (unpaired) electrons. The molecule has 1 aliphatic heterocycles. The van der Waals surface area contributed by atoms with Crippen LogP contribution < -0.4 is 5.32 Å². The second-order valence-corrected chi connectivity index (χ2v) is 3.93. The Morgan fingerprint density at radius 3 is 2.44 bits per heavy atom. The minimum atomic E-state index is 0.976. The predicted molar refractivity (Wildman–Crippen MR) is 36.1 cm³/mol. The van der Waals surface area contributed by atoms with E-state index >= 15 is 0 Å². The van der Waals surface area contributed by atoms with Crippen LogP contribution in [0.15, 0.2) is 0 Å². The molecule has 2 bridgehead atoms. The maximum Gasteiger partial charge on any atom is 0.0139 e. The molecular weight excluding hydrogens is 110 g/mol. The maximum absolute atomic E-state index is 3.54. The summed E-state index contributed by atoms with van der Waals surface area (Å²) in [5, 5.41) is 3.54. The van der Waals surface area contributed by atoms with Gasteiger partial charge in [0.1, 0.15) is 0 Å². The molecule has 2 saturated carbocycles. The Morgan fingerprint density at radius 1 is 1.11 bits per heavy atom. The van der Waals surface area contributed by atoms with Crippen LogP contribution in [0.2, 0.25) is 0 Å². The summed E-state index contributed by atoms with van der Waals surface area (Å²) in [5.41, 5.74) is 0. The Kier molecular flexibility index (Phi) is 0.704. The van der Waals surface area contributed by atoms with Crippen LogP contribution in [0.1, 0.15) is 19.3 Å². The van der Waals surface area contributed by atoms with Gasteiger partial charge in [0.15, 0.2) is 0 Å². The van der Waals surface area contributed by atoms with Gasteiger partial charge in [0, 0.05) is 6.04 Å². The Labute approximate surface area is 55.8 Å². The molecular formula is C8H13N. The first-order valence-corrected chi connectivity index (χ1v) is 4.18. The molecule has 3 rings (SSSR count). The van der Waals surface area contributed by atoms with Crippen molar-refractivity contribution in [3.63, 3.8) is 0 Å². The third-order valence-corrected chi connectivity index (χ3v) is 3.68. The summed E-state index contributed by atoms with van der Waals surface area (Å²) in [7, 11) is 0. The van der Waals surface area contributed by atoms with Crippen LogP contribution in [-0.2, 0) is 0 Å². The van der Waals surface area contributed by atoms with Crippen LogP contribution >= 0.6 is 0 Å². The van der Waals surface area contributed by atoms with Crippen LogP contribution in [0.25, 0.3) is 0 Å². The molecule has 1 heteroatoms. The van der Waals surface area contributed by atoms with Crippen molar-refractivity contribution in [1.82, 2.24) is 5.32 Å². The van der Waals surface area contributed by atoms with Crippen molar-refractivity contribution in [2.45, 2.75) is 25.3 Å². The fourth-order valence-corrected chi connectivity index (χ4v) is 3.13. The van der Waals surface area contributed by atoms with E-state index in [1.807, 2.05) is 0 Å². The first kappa shape index (κ1) is 4.73. The van der Waals surface area contributed by atoms with Crippen molar-refractivity contribution in [1.29, 1.82) is 0 Å². The molecule has 0 aromatic rings. The predicted octanol–water partition coefficient (Wildman–Crippen LogP) is 1.00. The Hall–Kier alpha value is -0.0400. The van der Waals surface area contributed by atoms with Gasteiger partial charge in [-0.25, -0.2) is 0 Å². The molecule has 9 heavy (non-hydrogen) atoms. The lowest BCUT2D eigenvalue weighted by atomic mass is 9.79. The first-order chi connectivity index (χ1) is 4.45. The minimum absolute atomic E-state index is 0.976. The summed E-state index contributed by atoms with van der Waals surface area (Å²) in [6.07, 6.45) is 4.63. The highest BCUT2D eigenvalue weighted by Gasteiger charge is 2.51. The largest absolute Gasteiger partial charge is 0.313 e. The van der Waals surface area contributed by atoms with Gasteiger partial charge < -0.3 is 5.32 Å². The minimum Gasteiger partial charge on any atom is -0.313 e. The van der Waals surface area contributed by atoms with Gasteiger partial charge >= 0.3 is 0 Å². The van der Waals surface area contributed by atoms with Crippen molar-refractivity contribution < 1.29 is 0 Å². The average Bonchev–Trinajstić information content (AvgIpc) is 2.18. The van der Waals surface area contributed by atoms with Gasteiger partial charge in [0.2, 0.25) is 0 Å². The topological polar surface area (TPSA) is 12.0 Å². The molecule has 0 aromatic carbocycles. The van der Waals surface area contributed by atoms with Crippen LogP contribution in [0.4, 0.5) is 0 Å². The third kappa shape index (κ3) is 0.420. The van der Waals surface area contributed by atoms with Gasteiger partial charge in [-0.2, -0.15) is 0 Å². The van der Waals surface area contributed by atoms with Gasteiger partial charge in [-0.05, 0) is 43.6 Å². The van der Waals surface area contributed by atoms with Gasteiger partial charge in [0.25, 0.3) is 0 Å². The van der Waals surface area contributed by atoms with Crippen LogP contribution in [0.5, 0.6) is 0 Å². The molecule has 1 heterocycles. The van der Waals surface area contributed by atoms with E-state index in [2.05, 4.69) is 5.32 Å². The molecule has 1 N–H and O–H groups in total. The van der Waals surface area contributed by atoms with Crippen molar-refractivity contribution in [2.24, 2.45) is 17.8 Å². The summed E-state index contributed by atoms with van der Waals surface area (Å²) in [4.78, 5) is 0. The summed E-state index contributed by atoms with van der Waals surface area (Å²) in [6.45, 7) is 1.34. The number of hydrogen-bond acceptors (Lipinski definition) is 1. The highest BCUT2D eigenvalue weighted by Crippen LogP contribution is 2.51. The van der Waals surface area contributed by atoms with Gasteiger partial charge in [-0.3, -0.25) is 0 Å². The van der Waals surface area contributed by atoms with Crippen molar-refractivity contribution in [3.05, 3.63) is 0 Å². The quantitative estimate of drug-likeness (QED) is 0.507. The van der Waals surface area contributed by atoms with Crippen molar-refractivity contribution in [3.8, 4) is 0 Å². The zero-order valence-electron chi connectivity index (χ0n) is 5.64. The van der Waals surface area contributed by atoms with E-state index in [0.29, 0.717) is 0 Å². The lowest BCUT2D eigenvalue weighted by Crippen LogP contribution is -2.55. The monoisotopic (exact) mass is 123 g/mol. The Bertz CT molecular complexity index is 124. The van der Waals surface area contributed by atoms with Gasteiger partial charge in [-0.1, -0.05) is 0 Å². The molecule has 3 fully saturated rings. The lowest BCUT2D eigenvalue weighted by molar-refractivity contribution is 0.153. The average molecular weight is 123 g/mol. The molecule has 1 nitrogen and oxygen atoms in total. The van der Waals surface area contributed by atoms with E-state index in [1.54, 1.807) is 12.8 Å². The molecule has 50 valence electrons. The van der Waals surface area contributed by atoms with E-state index in [1.165, 1.54) is 13.0 Å². The van der Waals surface area contributed by atoms with Crippen molar-refractivity contribution in [2.75, 3.05) is 6.54 Å². The third-order valence-electron chi connectivity index (χ3n) is 3.68. The SMILES string of the molecule is C1C[C@H]2C[C@H]1[C@@H]1CN[C@@H]21. The zero-order valence-corrected chi connectivity index (χ0v) is 5.64. The molecule has 0 amide bonds.